The van der Waals surface area contributed by atoms with Gasteiger partial charge in [0.25, 0.3) is 11.8 Å². The number of hydrogen-bond acceptors (Lipinski definition) is 9. The molecular weight excluding hydrogens is 638 g/mol. The second kappa shape index (κ2) is 13.7. The van der Waals surface area contributed by atoms with Crippen molar-refractivity contribution in [2.75, 3.05) is 24.1 Å². The molecule has 242 valence electrons. The van der Waals surface area contributed by atoms with Crippen LogP contribution in [0.25, 0.3) is 6.08 Å². The molecule has 2 heterocycles. The van der Waals surface area contributed by atoms with Gasteiger partial charge in [0.05, 0.1) is 23.6 Å². The van der Waals surface area contributed by atoms with Crippen molar-refractivity contribution in [3.05, 3.63) is 113 Å². The monoisotopic (exact) mass is 665 g/mol. The molecule has 48 heavy (non-hydrogen) atoms. The second-order valence-corrected chi connectivity index (χ2v) is 11.8. The molecule has 0 aliphatic carbocycles. The summed E-state index contributed by atoms with van der Waals surface area (Å²) in [4.78, 5) is 65.6. The van der Waals surface area contributed by atoms with Gasteiger partial charge in [-0.05, 0) is 78.4 Å². The van der Waals surface area contributed by atoms with Crippen molar-refractivity contribution in [3.63, 3.8) is 0 Å². The predicted octanol–water partition coefficient (Wildman–Crippen LogP) is 4.96. The van der Waals surface area contributed by atoms with Gasteiger partial charge >= 0.3 is 5.97 Å². The van der Waals surface area contributed by atoms with Gasteiger partial charge in [-0.15, -0.1) is 11.8 Å². The molecule has 1 unspecified atom stereocenters. The molecule has 1 atom stereocenters. The van der Waals surface area contributed by atoms with E-state index in [1.165, 1.54) is 37.5 Å². The van der Waals surface area contributed by atoms with E-state index in [0.717, 1.165) is 16.7 Å². The minimum Gasteiger partial charge on any atom is -0.493 e. The number of anilines is 2. The van der Waals surface area contributed by atoms with Crippen molar-refractivity contribution in [2.24, 2.45) is 0 Å². The zero-order valence-corrected chi connectivity index (χ0v) is 26.1. The molecule has 0 bridgehead atoms. The number of fused-ring (bicyclic) bond motifs is 1. The Balaban J connectivity index is 1.21. The molecule has 1 fully saturated rings. The van der Waals surface area contributed by atoms with Crippen LogP contribution in [0.15, 0.2) is 102 Å². The zero-order valence-electron chi connectivity index (χ0n) is 25.3. The van der Waals surface area contributed by atoms with Crippen LogP contribution >= 0.6 is 11.8 Å². The van der Waals surface area contributed by atoms with E-state index in [1.807, 2.05) is 0 Å². The Morgan fingerprint density at radius 1 is 0.938 bits per heavy atom. The van der Waals surface area contributed by atoms with Crippen LogP contribution in [0.5, 0.6) is 17.2 Å². The lowest BCUT2D eigenvalue weighted by Crippen LogP contribution is -2.31. The third kappa shape index (κ3) is 6.86. The maximum atomic E-state index is 13.7. The van der Waals surface area contributed by atoms with Crippen molar-refractivity contribution in [1.29, 1.82) is 0 Å². The highest BCUT2D eigenvalue weighted by Crippen LogP contribution is 2.42. The second-order valence-electron chi connectivity index (χ2n) is 10.5. The van der Waals surface area contributed by atoms with Crippen molar-refractivity contribution in [1.82, 2.24) is 5.32 Å². The summed E-state index contributed by atoms with van der Waals surface area (Å²) in [7, 11) is 1.48. The number of ether oxygens (including phenoxy) is 3. The average molecular weight is 666 g/mol. The fraction of sp³-hybridized carbons (Fsp3) is 0.114. The summed E-state index contributed by atoms with van der Waals surface area (Å²) in [6.45, 7) is 0.0177. The van der Waals surface area contributed by atoms with Gasteiger partial charge in [-0.3, -0.25) is 19.2 Å². The third-order valence-corrected chi connectivity index (χ3v) is 8.55. The molecule has 2 aliphatic rings. The average Bonchev–Trinajstić information content (AvgIpc) is 3.67. The number of nitrogens with zero attached hydrogens (tertiary/aromatic N) is 1. The molecule has 4 amide bonds. The van der Waals surface area contributed by atoms with Crippen LogP contribution in [-0.2, 0) is 14.4 Å². The van der Waals surface area contributed by atoms with E-state index >= 15 is 0 Å². The Bertz CT molecular complexity index is 1960. The van der Waals surface area contributed by atoms with Gasteiger partial charge in [0.1, 0.15) is 5.70 Å². The number of hydrogen-bond donors (Lipinski definition) is 3. The number of rotatable bonds is 10. The van der Waals surface area contributed by atoms with E-state index in [2.05, 4.69) is 10.6 Å². The highest BCUT2D eigenvalue weighted by Gasteiger charge is 2.40. The summed E-state index contributed by atoms with van der Waals surface area (Å²) in [6.07, 6.45) is 1.43. The van der Waals surface area contributed by atoms with Crippen LogP contribution in [0, 0.1) is 0 Å². The highest BCUT2D eigenvalue weighted by molar-refractivity contribution is 8.00. The number of nitrogens with one attached hydrogen (secondary N) is 2. The van der Waals surface area contributed by atoms with Gasteiger partial charge in [0.2, 0.25) is 24.4 Å². The number of thioether (sulfide) groups is 1. The minimum absolute atomic E-state index is 0.0177. The third-order valence-electron chi connectivity index (χ3n) is 7.37. The smallest absolute Gasteiger partial charge is 0.335 e. The lowest BCUT2D eigenvalue weighted by atomic mass is 10.1. The van der Waals surface area contributed by atoms with E-state index in [1.54, 1.807) is 66.7 Å². The van der Waals surface area contributed by atoms with Crippen molar-refractivity contribution in [2.45, 2.75) is 16.6 Å². The molecular formula is C35H27N3O9S. The van der Waals surface area contributed by atoms with Crippen molar-refractivity contribution < 1.29 is 43.3 Å². The molecule has 0 saturated carbocycles. The number of imide groups is 1. The molecule has 3 N–H and O–H groups in total. The zero-order chi connectivity index (χ0) is 33.8. The predicted molar refractivity (Wildman–Crippen MR) is 176 cm³/mol. The lowest BCUT2D eigenvalue weighted by Gasteiger charge is -2.15. The fourth-order valence-corrected chi connectivity index (χ4v) is 6.19. The van der Waals surface area contributed by atoms with Gasteiger partial charge in [-0.25, -0.2) is 9.69 Å². The van der Waals surface area contributed by atoms with E-state index in [4.69, 9.17) is 19.3 Å². The summed E-state index contributed by atoms with van der Waals surface area (Å²) in [5.74, 6) is -1.83. The normalized spacial score (nSPS) is 15.3. The van der Waals surface area contributed by atoms with Crippen LogP contribution in [0.3, 0.4) is 0 Å². The molecule has 6 rings (SSSR count). The first-order chi connectivity index (χ1) is 23.2. The van der Waals surface area contributed by atoms with E-state index in [0.29, 0.717) is 39.0 Å². The topological polar surface area (TPSA) is 161 Å². The van der Waals surface area contributed by atoms with E-state index in [9.17, 15) is 24.0 Å². The number of carboxylic acids is 1. The van der Waals surface area contributed by atoms with E-state index < -0.39 is 34.8 Å². The Morgan fingerprint density at radius 3 is 2.44 bits per heavy atom. The number of benzene rings is 4. The molecule has 12 nitrogen and oxygen atoms in total. The van der Waals surface area contributed by atoms with Crippen LogP contribution in [0.2, 0.25) is 0 Å². The number of carbonyl (C=O) groups is 5. The van der Waals surface area contributed by atoms with Crippen molar-refractivity contribution >= 4 is 58.8 Å². The quantitative estimate of drug-likeness (QED) is 0.156. The first-order valence-electron chi connectivity index (χ1n) is 14.5. The highest BCUT2D eigenvalue weighted by atomic mass is 32.2. The first kappa shape index (κ1) is 31.9. The fourth-order valence-electron chi connectivity index (χ4n) is 5.07. The Labute approximate surface area is 278 Å². The summed E-state index contributed by atoms with van der Waals surface area (Å²) in [5, 5.41) is 13.9. The molecule has 13 heteroatoms. The number of amides is 4. The maximum absolute atomic E-state index is 13.7. The molecule has 4 aromatic carbocycles. The SMILES string of the molecule is COc1cc(/C=C(\NC(=O)c2ccccc2)C(=O)Nc2cccc(SC3CC(=O)N(c4ccc(C(=O)O)cc4)C3=O)c2)cc2c1OCO2. The Hall–Kier alpha value is -6.08. The number of carboxylic acid groups (broad SMARTS) is 1. The van der Waals surface area contributed by atoms with Crippen molar-refractivity contribution in [3.8, 4) is 17.2 Å². The number of aromatic carboxylic acids is 1. The molecule has 0 aromatic heterocycles. The van der Waals surface area contributed by atoms with Crippen LogP contribution < -0.4 is 29.7 Å². The minimum atomic E-state index is -1.12. The molecule has 0 radical (unpaired) electrons. The van der Waals surface area contributed by atoms with Gasteiger partial charge in [-0.2, -0.15) is 0 Å². The van der Waals surface area contributed by atoms with Crippen LogP contribution in [-0.4, -0.2) is 53.9 Å². The van der Waals surface area contributed by atoms with Gasteiger partial charge in [-0.1, -0.05) is 24.3 Å². The largest absolute Gasteiger partial charge is 0.493 e. The van der Waals surface area contributed by atoms with Gasteiger partial charge < -0.3 is 30.0 Å². The molecule has 0 spiro atoms. The van der Waals surface area contributed by atoms with Crippen LogP contribution in [0.1, 0.15) is 32.7 Å². The lowest BCUT2D eigenvalue weighted by molar-refractivity contribution is -0.121. The van der Waals surface area contributed by atoms with E-state index in [-0.39, 0.29) is 30.2 Å². The molecule has 2 aliphatic heterocycles. The summed E-state index contributed by atoms with van der Waals surface area (Å²) >= 11 is 1.16. The van der Waals surface area contributed by atoms with Gasteiger partial charge in [0, 0.05) is 22.6 Å². The Kier molecular flexibility index (Phi) is 9.12. The molecule has 4 aromatic rings. The standard InChI is InChI=1S/C35H27N3O9S/c1-45-27-15-20(16-28-31(27)47-19-46-28)14-26(37-32(40)21-6-3-2-4-7-21)33(41)36-23-8-5-9-25(17-23)48-29-18-30(39)38(34(29)42)24-12-10-22(11-13-24)35(43)44/h2-17,29H,18-19H2,1H3,(H,36,41)(H,37,40)(H,43,44)/b26-14-. The number of methoxy groups -OCH3 is 1. The summed E-state index contributed by atoms with van der Waals surface area (Å²) in [5.41, 5.74) is 1.49. The van der Waals surface area contributed by atoms with Gasteiger partial charge in [0.15, 0.2) is 11.5 Å². The number of carbonyl (C=O) groups excluding carboxylic acids is 4. The Morgan fingerprint density at radius 2 is 1.71 bits per heavy atom. The van der Waals surface area contributed by atoms with Crippen LogP contribution in [0.4, 0.5) is 11.4 Å². The molecule has 1 saturated heterocycles. The summed E-state index contributed by atoms with van der Waals surface area (Å²) in [6, 6.07) is 24.0. The maximum Gasteiger partial charge on any atom is 0.335 e. The summed E-state index contributed by atoms with van der Waals surface area (Å²) < 4.78 is 16.4. The first-order valence-corrected chi connectivity index (χ1v) is 15.4.